The Morgan fingerprint density at radius 3 is 2.71 bits per heavy atom. The average molecular weight is 400 g/mol. The van der Waals surface area contributed by atoms with Crippen LogP contribution < -0.4 is 11.1 Å². The van der Waals surface area contributed by atoms with Crippen LogP contribution in [0.15, 0.2) is 46.9 Å². The maximum Gasteiger partial charge on any atom is 0.313 e. The molecule has 1 aromatic heterocycles. The van der Waals surface area contributed by atoms with Crippen molar-refractivity contribution in [1.29, 1.82) is 5.41 Å². The quantitative estimate of drug-likeness (QED) is 0.396. The van der Waals surface area contributed by atoms with Gasteiger partial charge in [-0.05, 0) is 17.0 Å². The lowest BCUT2D eigenvalue weighted by atomic mass is 10.0. The zero-order valence-electron chi connectivity index (χ0n) is 14.9. The van der Waals surface area contributed by atoms with Gasteiger partial charge in [0.25, 0.3) is 0 Å². The number of oxime groups is 1. The molecule has 0 fully saturated rings. The fraction of sp³-hybridized carbons (Fsp3) is 0.263. The molecule has 9 heteroatoms. The van der Waals surface area contributed by atoms with Crippen LogP contribution in [-0.4, -0.2) is 41.2 Å². The van der Waals surface area contributed by atoms with Crippen LogP contribution in [0, 0.1) is 5.41 Å². The van der Waals surface area contributed by atoms with E-state index in [2.05, 4.69) is 10.5 Å². The number of carbonyl (C=O) groups excluding carboxylic acids is 1. The van der Waals surface area contributed by atoms with Crippen molar-refractivity contribution in [1.82, 2.24) is 5.32 Å². The molecule has 5 N–H and O–H groups in total. The van der Waals surface area contributed by atoms with Crippen molar-refractivity contribution in [3.05, 3.63) is 57.8 Å². The van der Waals surface area contributed by atoms with E-state index in [4.69, 9.17) is 16.0 Å². The van der Waals surface area contributed by atoms with Gasteiger partial charge in [0.2, 0.25) is 5.91 Å². The highest BCUT2D eigenvalue weighted by Crippen LogP contribution is 2.22. The van der Waals surface area contributed by atoms with Crippen molar-refractivity contribution < 1.29 is 19.5 Å². The number of nitrogen functional groups attached to an aromatic ring is 1. The Morgan fingerprint density at radius 2 is 2.11 bits per heavy atom. The molecule has 0 bridgehead atoms. The Balaban J connectivity index is 1.49. The molecule has 146 valence electrons. The largest absolute Gasteiger partial charge is 0.481 e. The van der Waals surface area contributed by atoms with E-state index in [1.807, 2.05) is 0 Å². The molecule has 1 amide bonds. The van der Waals surface area contributed by atoms with Gasteiger partial charge in [0.15, 0.2) is 0 Å². The van der Waals surface area contributed by atoms with E-state index in [1.165, 1.54) is 11.3 Å². The first kappa shape index (κ1) is 19.6. The van der Waals surface area contributed by atoms with Gasteiger partial charge >= 0.3 is 5.97 Å². The minimum absolute atomic E-state index is 0.00655. The van der Waals surface area contributed by atoms with E-state index in [0.29, 0.717) is 16.9 Å². The van der Waals surface area contributed by atoms with E-state index in [-0.39, 0.29) is 24.7 Å². The minimum Gasteiger partial charge on any atom is -0.481 e. The van der Waals surface area contributed by atoms with Crippen molar-refractivity contribution in [3.63, 3.8) is 0 Å². The summed E-state index contributed by atoms with van der Waals surface area (Å²) in [7, 11) is 0. The zero-order valence-corrected chi connectivity index (χ0v) is 15.7. The van der Waals surface area contributed by atoms with E-state index < -0.39 is 18.0 Å². The molecule has 1 aliphatic heterocycles. The highest BCUT2D eigenvalue weighted by molar-refractivity contribution is 7.10. The molecule has 2 aromatic rings. The van der Waals surface area contributed by atoms with Gasteiger partial charge in [0.1, 0.15) is 17.9 Å². The monoisotopic (exact) mass is 400 g/mol. The molecule has 28 heavy (non-hydrogen) atoms. The van der Waals surface area contributed by atoms with Gasteiger partial charge in [-0.3, -0.25) is 15.0 Å². The normalized spacial score (nSPS) is 16.7. The molecule has 0 spiro atoms. The zero-order chi connectivity index (χ0) is 20.1. The summed E-state index contributed by atoms with van der Waals surface area (Å²) in [6.07, 6.45) is 0.169. The smallest absolute Gasteiger partial charge is 0.313 e. The Hall–Kier alpha value is -3.20. The van der Waals surface area contributed by atoms with Crippen LogP contribution in [-0.2, 0) is 14.4 Å². The fourth-order valence-electron chi connectivity index (χ4n) is 2.84. The molecule has 2 heterocycles. The number of nitrogens with one attached hydrogen (secondary N) is 2. The molecule has 1 aromatic carbocycles. The summed E-state index contributed by atoms with van der Waals surface area (Å²) in [6.45, 7) is 0.0294. The number of hydrogen-bond acceptors (Lipinski definition) is 6. The lowest BCUT2D eigenvalue weighted by Gasteiger charge is -2.13. The summed E-state index contributed by atoms with van der Waals surface area (Å²) in [6, 6.07) is 10.6. The molecule has 0 aliphatic carbocycles. The summed E-state index contributed by atoms with van der Waals surface area (Å²) in [5.41, 5.74) is 7.63. The topological polar surface area (TPSA) is 138 Å². The molecule has 1 unspecified atom stereocenters. The fourth-order valence-corrected chi connectivity index (χ4v) is 3.66. The predicted octanol–water partition coefficient (Wildman–Crippen LogP) is 1.90. The number of hydrogen-bond donors (Lipinski definition) is 4. The number of nitrogens with two attached hydrogens (primary N) is 1. The molecule has 2 atom stereocenters. The first-order chi connectivity index (χ1) is 13.4. The van der Waals surface area contributed by atoms with Crippen LogP contribution in [0.25, 0.3) is 0 Å². The van der Waals surface area contributed by atoms with Crippen LogP contribution in [0.2, 0.25) is 0 Å². The van der Waals surface area contributed by atoms with E-state index in [0.717, 1.165) is 11.3 Å². The average Bonchev–Trinajstić information content (AvgIpc) is 3.34. The third kappa shape index (κ3) is 4.74. The number of aliphatic carboxylic acids is 1. The SMILES string of the molecule is N=C(N)c1ccc(C2=NOC(CC(=O)NC[C@@H](C(=O)O)c3cccs3)C2)cc1. The number of amidine groups is 1. The van der Waals surface area contributed by atoms with Crippen molar-refractivity contribution in [2.24, 2.45) is 10.9 Å². The molecule has 1 aliphatic rings. The maximum atomic E-state index is 12.2. The molecular formula is C19H20N4O4S. The first-order valence-corrected chi connectivity index (χ1v) is 9.52. The summed E-state index contributed by atoms with van der Waals surface area (Å²) in [5, 5.41) is 25.3. The van der Waals surface area contributed by atoms with Crippen LogP contribution in [0.3, 0.4) is 0 Å². The van der Waals surface area contributed by atoms with E-state index in [9.17, 15) is 14.7 Å². The second-order valence-corrected chi connectivity index (χ2v) is 7.35. The summed E-state index contributed by atoms with van der Waals surface area (Å²) < 4.78 is 0. The van der Waals surface area contributed by atoms with Crippen molar-refractivity contribution in [2.75, 3.05) is 6.54 Å². The lowest BCUT2D eigenvalue weighted by molar-refractivity contribution is -0.138. The minimum atomic E-state index is -0.973. The van der Waals surface area contributed by atoms with Gasteiger partial charge in [-0.15, -0.1) is 11.3 Å². The second-order valence-electron chi connectivity index (χ2n) is 6.37. The highest BCUT2D eigenvalue weighted by atomic mass is 32.1. The van der Waals surface area contributed by atoms with Crippen molar-refractivity contribution in [2.45, 2.75) is 24.9 Å². The summed E-state index contributed by atoms with van der Waals surface area (Å²) >= 11 is 1.35. The van der Waals surface area contributed by atoms with E-state index in [1.54, 1.807) is 41.8 Å². The third-order valence-electron chi connectivity index (χ3n) is 4.36. The number of thiophene rings is 1. The van der Waals surface area contributed by atoms with Gasteiger partial charge < -0.3 is 21.0 Å². The van der Waals surface area contributed by atoms with Crippen molar-refractivity contribution >= 4 is 34.8 Å². The first-order valence-electron chi connectivity index (χ1n) is 8.64. The Morgan fingerprint density at radius 1 is 1.36 bits per heavy atom. The summed E-state index contributed by atoms with van der Waals surface area (Å²) in [5.74, 6) is -2.02. The summed E-state index contributed by atoms with van der Waals surface area (Å²) in [4.78, 5) is 29.6. The second kappa shape index (κ2) is 8.66. The third-order valence-corrected chi connectivity index (χ3v) is 5.35. The Bertz CT molecular complexity index is 893. The maximum absolute atomic E-state index is 12.2. The molecule has 0 saturated carbocycles. The van der Waals surface area contributed by atoms with Crippen LogP contribution in [0.5, 0.6) is 0 Å². The molecule has 8 nitrogen and oxygen atoms in total. The number of amides is 1. The Labute approximate surface area is 165 Å². The number of benzene rings is 1. The van der Waals surface area contributed by atoms with Gasteiger partial charge in [0, 0.05) is 23.4 Å². The number of carboxylic acids is 1. The molecule has 0 saturated heterocycles. The van der Waals surface area contributed by atoms with Crippen LogP contribution in [0.1, 0.15) is 34.8 Å². The molecule has 0 radical (unpaired) electrons. The standard InChI is InChI=1S/C19H20N4O4S/c20-18(21)12-5-3-11(4-6-12)15-8-13(27-23-15)9-17(24)22-10-14(19(25)26)16-2-1-7-28-16/h1-7,13-14H,8-10H2,(H3,20,21)(H,22,24)(H,25,26)/t13?,14-/m1/s1. The lowest BCUT2D eigenvalue weighted by Crippen LogP contribution is -2.33. The highest BCUT2D eigenvalue weighted by Gasteiger charge is 2.26. The number of carbonyl (C=O) groups is 2. The Kier molecular flexibility index (Phi) is 6.05. The van der Waals surface area contributed by atoms with Gasteiger partial charge in [-0.25, -0.2) is 0 Å². The van der Waals surface area contributed by atoms with Gasteiger partial charge in [0.05, 0.1) is 12.1 Å². The van der Waals surface area contributed by atoms with Gasteiger partial charge in [-0.1, -0.05) is 35.5 Å². The number of nitrogens with zero attached hydrogens (tertiary/aromatic N) is 1. The number of carboxylic acid groups (broad SMARTS) is 1. The van der Waals surface area contributed by atoms with Gasteiger partial charge in [-0.2, -0.15) is 0 Å². The predicted molar refractivity (Wildman–Crippen MR) is 106 cm³/mol. The number of rotatable bonds is 8. The molecule has 3 rings (SSSR count). The van der Waals surface area contributed by atoms with Crippen LogP contribution in [0.4, 0.5) is 0 Å². The van der Waals surface area contributed by atoms with Crippen molar-refractivity contribution in [3.8, 4) is 0 Å². The molecular weight excluding hydrogens is 380 g/mol. The van der Waals surface area contributed by atoms with E-state index >= 15 is 0 Å². The van der Waals surface area contributed by atoms with Crippen LogP contribution >= 0.6 is 11.3 Å².